The van der Waals surface area contributed by atoms with Gasteiger partial charge in [0.1, 0.15) is 5.82 Å². The molecule has 0 spiro atoms. The summed E-state index contributed by atoms with van der Waals surface area (Å²) in [6, 6.07) is 12.3. The van der Waals surface area contributed by atoms with Crippen LogP contribution in [-0.2, 0) is 11.2 Å². The number of pyridine rings is 1. The molecule has 27 heavy (non-hydrogen) atoms. The number of carbonyl (C=O) groups is 2. The quantitative estimate of drug-likeness (QED) is 0.821. The first-order chi connectivity index (χ1) is 13.0. The number of nitrogens with zero attached hydrogens (tertiary/aromatic N) is 4. The van der Waals surface area contributed by atoms with Crippen LogP contribution in [0.4, 0.5) is 11.5 Å². The van der Waals surface area contributed by atoms with E-state index in [1.165, 1.54) is 5.56 Å². The standard InChI is InChI=1S/C21H24N4O2/c1-15-13-17-5-3-4-6-19(17)25(15)20-14-18(7-8-22-20)21(27)24-11-9-23(10-12-24)16(2)26/h3-8,14-15H,9-13H2,1-2H3. The van der Waals surface area contributed by atoms with Gasteiger partial charge < -0.3 is 14.7 Å². The van der Waals surface area contributed by atoms with Crippen molar-refractivity contribution in [2.75, 3.05) is 31.1 Å². The Morgan fingerprint density at radius 3 is 2.48 bits per heavy atom. The van der Waals surface area contributed by atoms with Gasteiger partial charge in [0.2, 0.25) is 5.91 Å². The predicted molar refractivity (Wildman–Crippen MR) is 104 cm³/mol. The van der Waals surface area contributed by atoms with Crippen LogP contribution in [0.2, 0.25) is 0 Å². The Hall–Kier alpha value is -2.89. The first-order valence-corrected chi connectivity index (χ1v) is 9.42. The van der Waals surface area contributed by atoms with E-state index in [2.05, 4.69) is 35.0 Å². The maximum absolute atomic E-state index is 12.9. The van der Waals surface area contributed by atoms with Crippen molar-refractivity contribution in [2.24, 2.45) is 0 Å². The van der Waals surface area contributed by atoms with Crippen molar-refractivity contribution >= 4 is 23.3 Å². The van der Waals surface area contributed by atoms with Gasteiger partial charge in [-0.1, -0.05) is 18.2 Å². The Kier molecular flexibility index (Phi) is 4.56. The Morgan fingerprint density at radius 1 is 1.04 bits per heavy atom. The molecule has 2 aliphatic heterocycles. The van der Waals surface area contributed by atoms with E-state index in [-0.39, 0.29) is 11.8 Å². The molecule has 0 N–H and O–H groups in total. The van der Waals surface area contributed by atoms with E-state index < -0.39 is 0 Å². The SMILES string of the molecule is CC(=O)N1CCN(C(=O)c2ccnc(N3c4ccccc4CC3C)c2)CC1. The van der Waals surface area contributed by atoms with E-state index in [0.717, 1.165) is 17.9 Å². The highest BCUT2D eigenvalue weighted by Crippen LogP contribution is 2.37. The summed E-state index contributed by atoms with van der Waals surface area (Å²) < 4.78 is 0. The van der Waals surface area contributed by atoms with Crippen LogP contribution in [0.3, 0.4) is 0 Å². The van der Waals surface area contributed by atoms with Gasteiger partial charge in [-0.2, -0.15) is 0 Å². The monoisotopic (exact) mass is 364 g/mol. The number of hydrogen-bond donors (Lipinski definition) is 0. The molecule has 140 valence electrons. The first-order valence-electron chi connectivity index (χ1n) is 9.42. The number of para-hydroxylation sites is 1. The van der Waals surface area contributed by atoms with Gasteiger partial charge in [-0.25, -0.2) is 4.98 Å². The second-order valence-corrected chi connectivity index (χ2v) is 7.25. The summed E-state index contributed by atoms with van der Waals surface area (Å²) >= 11 is 0. The molecule has 1 aromatic heterocycles. The van der Waals surface area contributed by atoms with Crippen LogP contribution in [0.1, 0.15) is 29.8 Å². The van der Waals surface area contributed by atoms with E-state index in [1.54, 1.807) is 24.1 Å². The van der Waals surface area contributed by atoms with Crippen LogP contribution in [0.5, 0.6) is 0 Å². The van der Waals surface area contributed by atoms with E-state index in [1.807, 2.05) is 17.0 Å². The fraction of sp³-hybridized carbons (Fsp3) is 0.381. The minimum absolute atomic E-state index is 0.00184. The molecule has 1 aromatic carbocycles. The van der Waals surface area contributed by atoms with Crippen molar-refractivity contribution in [2.45, 2.75) is 26.3 Å². The Bertz CT molecular complexity index is 874. The number of fused-ring (bicyclic) bond motifs is 1. The number of amides is 2. The predicted octanol–water partition coefficient (Wildman–Crippen LogP) is 2.47. The fourth-order valence-corrected chi connectivity index (χ4v) is 4.00. The average molecular weight is 364 g/mol. The van der Waals surface area contributed by atoms with Crippen LogP contribution in [0.15, 0.2) is 42.6 Å². The van der Waals surface area contributed by atoms with E-state index >= 15 is 0 Å². The van der Waals surface area contributed by atoms with Crippen molar-refractivity contribution in [1.29, 1.82) is 0 Å². The summed E-state index contributed by atoms with van der Waals surface area (Å²) in [6.07, 6.45) is 2.69. The van der Waals surface area contributed by atoms with E-state index in [4.69, 9.17) is 0 Å². The zero-order valence-electron chi connectivity index (χ0n) is 15.8. The number of rotatable bonds is 2. The molecular weight excluding hydrogens is 340 g/mol. The lowest BCUT2D eigenvalue weighted by atomic mass is 10.1. The lowest BCUT2D eigenvalue weighted by molar-refractivity contribution is -0.130. The Labute approximate surface area is 159 Å². The van der Waals surface area contributed by atoms with Gasteiger partial charge in [0.15, 0.2) is 0 Å². The number of piperazine rings is 1. The van der Waals surface area contributed by atoms with E-state index in [0.29, 0.717) is 37.8 Å². The molecule has 0 saturated carbocycles. The lowest BCUT2D eigenvalue weighted by Gasteiger charge is -2.34. The van der Waals surface area contributed by atoms with Crippen LogP contribution < -0.4 is 4.90 Å². The summed E-state index contributed by atoms with van der Waals surface area (Å²) in [7, 11) is 0. The maximum Gasteiger partial charge on any atom is 0.254 e. The zero-order chi connectivity index (χ0) is 19.0. The Balaban J connectivity index is 1.55. The highest BCUT2D eigenvalue weighted by atomic mass is 16.2. The molecule has 6 nitrogen and oxygen atoms in total. The molecule has 1 atom stereocenters. The number of hydrogen-bond acceptors (Lipinski definition) is 4. The fourth-order valence-electron chi connectivity index (χ4n) is 4.00. The van der Waals surface area contributed by atoms with Crippen molar-refractivity contribution in [3.05, 3.63) is 53.7 Å². The molecule has 0 aliphatic carbocycles. The molecule has 6 heteroatoms. The molecule has 2 aromatic rings. The largest absolute Gasteiger partial charge is 0.339 e. The van der Waals surface area contributed by atoms with Crippen LogP contribution in [0, 0.1) is 0 Å². The molecule has 4 rings (SSSR count). The molecular formula is C21H24N4O2. The molecule has 0 radical (unpaired) electrons. The minimum Gasteiger partial charge on any atom is -0.339 e. The van der Waals surface area contributed by atoms with Gasteiger partial charge in [0.25, 0.3) is 5.91 Å². The lowest BCUT2D eigenvalue weighted by Crippen LogP contribution is -2.50. The van der Waals surface area contributed by atoms with E-state index in [9.17, 15) is 9.59 Å². The molecule has 1 fully saturated rings. The summed E-state index contributed by atoms with van der Waals surface area (Å²) in [5.41, 5.74) is 3.12. The number of anilines is 2. The van der Waals surface area contributed by atoms with Gasteiger partial charge in [0.05, 0.1) is 0 Å². The molecule has 2 amide bonds. The third-order valence-corrected chi connectivity index (χ3v) is 5.46. The smallest absolute Gasteiger partial charge is 0.254 e. The van der Waals surface area contributed by atoms with Crippen molar-refractivity contribution in [3.8, 4) is 0 Å². The number of benzene rings is 1. The van der Waals surface area contributed by atoms with Gasteiger partial charge in [-0.3, -0.25) is 9.59 Å². The second-order valence-electron chi connectivity index (χ2n) is 7.25. The molecule has 1 saturated heterocycles. The second kappa shape index (κ2) is 7.02. The maximum atomic E-state index is 12.9. The minimum atomic E-state index is 0.00184. The molecule has 2 aliphatic rings. The third kappa shape index (κ3) is 3.27. The van der Waals surface area contributed by atoms with Crippen molar-refractivity contribution in [3.63, 3.8) is 0 Å². The molecule has 0 bridgehead atoms. The van der Waals surface area contributed by atoms with Crippen molar-refractivity contribution in [1.82, 2.24) is 14.8 Å². The summed E-state index contributed by atoms with van der Waals surface area (Å²) in [5, 5.41) is 0. The Morgan fingerprint density at radius 2 is 1.74 bits per heavy atom. The van der Waals surface area contributed by atoms with Crippen LogP contribution in [-0.4, -0.2) is 58.8 Å². The van der Waals surface area contributed by atoms with Gasteiger partial charge in [0, 0.05) is 56.6 Å². The van der Waals surface area contributed by atoms with Gasteiger partial charge in [-0.05, 0) is 37.1 Å². The summed E-state index contributed by atoms with van der Waals surface area (Å²) in [4.78, 5) is 34.8. The first kappa shape index (κ1) is 17.5. The van der Waals surface area contributed by atoms with Crippen LogP contribution in [0.25, 0.3) is 0 Å². The van der Waals surface area contributed by atoms with Crippen molar-refractivity contribution < 1.29 is 9.59 Å². The highest BCUT2D eigenvalue weighted by Gasteiger charge is 2.29. The average Bonchev–Trinajstić information content (AvgIpc) is 3.03. The topological polar surface area (TPSA) is 56.8 Å². The zero-order valence-corrected chi connectivity index (χ0v) is 15.8. The third-order valence-electron chi connectivity index (χ3n) is 5.46. The normalized spacial score (nSPS) is 19.2. The number of carbonyl (C=O) groups excluding carboxylic acids is 2. The summed E-state index contributed by atoms with van der Waals surface area (Å²) in [5.74, 6) is 0.873. The van der Waals surface area contributed by atoms with Gasteiger partial charge in [-0.15, -0.1) is 0 Å². The number of aromatic nitrogens is 1. The highest BCUT2D eigenvalue weighted by molar-refractivity contribution is 5.95. The molecule has 1 unspecified atom stereocenters. The summed E-state index contributed by atoms with van der Waals surface area (Å²) in [6.45, 7) is 6.07. The molecule has 3 heterocycles. The van der Waals surface area contributed by atoms with Crippen LogP contribution >= 0.6 is 0 Å². The van der Waals surface area contributed by atoms with Gasteiger partial charge >= 0.3 is 0 Å².